The molecule has 2 aromatic heterocycles. The fraction of sp³-hybridized carbons (Fsp3) is 0.308. The van der Waals surface area contributed by atoms with Gasteiger partial charge in [-0.3, -0.25) is 10.1 Å². The van der Waals surface area contributed by atoms with Crippen molar-refractivity contribution in [3.05, 3.63) is 77.6 Å². The molecule has 1 aromatic carbocycles. The zero-order chi connectivity index (χ0) is 25.3. The summed E-state index contributed by atoms with van der Waals surface area (Å²) in [4.78, 5) is 33.4. The highest BCUT2D eigenvalue weighted by molar-refractivity contribution is 7.98. The smallest absolute Gasteiger partial charge is 0.413 e. The molecule has 0 spiro atoms. The van der Waals surface area contributed by atoms with E-state index in [9.17, 15) is 9.59 Å². The zero-order valence-corrected chi connectivity index (χ0v) is 21.1. The molecule has 0 unspecified atom stereocenters. The standard InChI is InChI=1S/C26H30N4O4S/c1-26(2,3)34-25(32)30-22-16-19(12-14-27-22)17-35-24-21(6-5-13-29-24)23(31)28-15-11-18-7-9-20(33-4)10-8-18/h5-10,12-14,16H,11,15,17H2,1-4H3,(H,28,31)(H,27,30,32). The van der Waals surface area contributed by atoms with Gasteiger partial charge in [-0.2, -0.15) is 0 Å². The number of carbonyl (C=O) groups is 2. The molecule has 0 atom stereocenters. The normalized spacial score (nSPS) is 11.0. The molecule has 0 aliphatic carbocycles. The van der Waals surface area contributed by atoms with Gasteiger partial charge in [0, 0.05) is 24.7 Å². The Morgan fingerprint density at radius 1 is 1.00 bits per heavy atom. The largest absolute Gasteiger partial charge is 0.497 e. The third-order valence-corrected chi connectivity index (χ3v) is 5.78. The number of amides is 2. The first-order valence-corrected chi connectivity index (χ1v) is 12.2. The predicted molar refractivity (Wildman–Crippen MR) is 137 cm³/mol. The Kier molecular flexibility index (Phi) is 9.08. The van der Waals surface area contributed by atoms with Gasteiger partial charge in [-0.25, -0.2) is 14.8 Å². The van der Waals surface area contributed by atoms with Crippen molar-refractivity contribution >= 4 is 29.6 Å². The summed E-state index contributed by atoms with van der Waals surface area (Å²) >= 11 is 1.44. The molecule has 0 saturated carbocycles. The maximum absolute atomic E-state index is 12.8. The minimum atomic E-state index is -0.595. The number of benzene rings is 1. The maximum Gasteiger partial charge on any atom is 0.413 e. The summed E-state index contributed by atoms with van der Waals surface area (Å²) in [7, 11) is 1.63. The van der Waals surface area contributed by atoms with Crippen LogP contribution in [-0.4, -0.2) is 41.2 Å². The number of methoxy groups -OCH3 is 1. The van der Waals surface area contributed by atoms with Crippen LogP contribution in [0.1, 0.15) is 42.3 Å². The lowest BCUT2D eigenvalue weighted by molar-refractivity contribution is 0.0635. The highest BCUT2D eigenvalue weighted by Crippen LogP contribution is 2.25. The van der Waals surface area contributed by atoms with E-state index in [0.29, 0.717) is 35.1 Å². The predicted octanol–water partition coefficient (Wildman–Crippen LogP) is 5.10. The van der Waals surface area contributed by atoms with E-state index in [4.69, 9.17) is 9.47 Å². The van der Waals surface area contributed by atoms with Crippen molar-refractivity contribution < 1.29 is 19.1 Å². The summed E-state index contributed by atoms with van der Waals surface area (Å²) in [6, 6.07) is 14.9. The minimum Gasteiger partial charge on any atom is -0.497 e. The third-order valence-electron chi connectivity index (χ3n) is 4.70. The van der Waals surface area contributed by atoms with Gasteiger partial charge in [0.25, 0.3) is 5.91 Å². The number of nitrogens with zero attached hydrogens (tertiary/aromatic N) is 2. The van der Waals surface area contributed by atoms with E-state index in [-0.39, 0.29) is 5.91 Å². The number of aromatic nitrogens is 2. The van der Waals surface area contributed by atoms with Crippen molar-refractivity contribution in [3.8, 4) is 5.75 Å². The monoisotopic (exact) mass is 494 g/mol. The molecule has 2 amide bonds. The van der Waals surface area contributed by atoms with Crippen molar-refractivity contribution in [2.45, 2.75) is 43.6 Å². The van der Waals surface area contributed by atoms with Crippen LogP contribution in [0.15, 0.2) is 66.0 Å². The van der Waals surface area contributed by atoms with E-state index in [1.807, 2.05) is 30.3 Å². The number of thioether (sulfide) groups is 1. The summed E-state index contributed by atoms with van der Waals surface area (Å²) < 4.78 is 10.4. The first kappa shape index (κ1) is 26.0. The number of anilines is 1. The van der Waals surface area contributed by atoms with Gasteiger partial charge in [0.1, 0.15) is 22.2 Å². The molecule has 0 aliphatic rings. The second-order valence-corrected chi connectivity index (χ2v) is 9.64. The lowest BCUT2D eigenvalue weighted by Crippen LogP contribution is -2.27. The Hall–Kier alpha value is -3.59. The average Bonchev–Trinajstić information content (AvgIpc) is 2.82. The molecule has 184 valence electrons. The highest BCUT2D eigenvalue weighted by Gasteiger charge is 2.17. The molecule has 35 heavy (non-hydrogen) atoms. The zero-order valence-electron chi connectivity index (χ0n) is 20.3. The molecule has 9 heteroatoms. The van der Waals surface area contributed by atoms with Gasteiger partial charge < -0.3 is 14.8 Å². The number of pyridine rings is 2. The van der Waals surface area contributed by atoms with Gasteiger partial charge in [-0.15, -0.1) is 11.8 Å². The summed E-state index contributed by atoms with van der Waals surface area (Å²) in [6.07, 6.45) is 3.43. The molecule has 2 heterocycles. The van der Waals surface area contributed by atoms with Crippen LogP contribution in [0, 0.1) is 0 Å². The topological polar surface area (TPSA) is 102 Å². The van der Waals surface area contributed by atoms with Crippen LogP contribution in [0.3, 0.4) is 0 Å². The molecule has 8 nitrogen and oxygen atoms in total. The van der Waals surface area contributed by atoms with E-state index in [1.54, 1.807) is 58.5 Å². The fourth-order valence-corrected chi connectivity index (χ4v) is 4.01. The van der Waals surface area contributed by atoms with Crippen LogP contribution < -0.4 is 15.4 Å². The SMILES string of the molecule is COc1ccc(CCNC(=O)c2cccnc2SCc2ccnc(NC(=O)OC(C)(C)C)c2)cc1. The average molecular weight is 495 g/mol. The number of hydrogen-bond acceptors (Lipinski definition) is 7. The Morgan fingerprint density at radius 2 is 1.77 bits per heavy atom. The first-order valence-electron chi connectivity index (χ1n) is 11.2. The molecular formula is C26H30N4O4S. The highest BCUT2D eigenvalue weighted by atomic mass is 32.2. The van der Waals surface area contributed by atoms with Crippen LogP contribution in [0.25, 0.3) is 0 Å². The molecule has 3 aromatic rings. The Labute approximate surface area is 209 Å². The lowest BCUT2D eigenvalue weighted by atomic mass is 10.1. The Morgan fingerprint density at radius 3 is 2.49 bits per heavy atom. The molecule has 0 fully saturated rings. The van der Waals surface area contributed by atoms with Crippen molar-refractivity contribution in [2.24, 2.45) is 0 Å². The number of carbonyl (C=O) groups excluding carboxylic acids is 2. The van der Waals surface area contributed by atoms with Crippen LogP contribution in [0.5, 0.6) is 5.75 Å². The Balaban J connectivity index is 1.56. The van der Waals surface area contributed by atoms with Gasteiger partial charge >= 0.3 is 6.09 Å². The van der Waals surface area contributed by atoms with Crippen molar-refractivity contribution in [3.63, 3.8) is 0 Å². The number of nitrogens with one attached hydrogen (secondary N) is 2. The van der Waals surface area contributed by atoms with Crippen LogP contribution in [0.4, 0.5) is 10.6 Å². The second-order valence-electron chi connectivity index (χ2n) is 8.67. The van der Waals surface area contributed by atoms with Crippen LogP contribution >= 0.6 is 11.8 Å². The quantitative estimate of drug-likeness (QED) is 0.399. The number of rotatable bonds is 9. The number of ether oxygens (including phenoxy) is 2. The van der Waals surface area contributed by atoms with E-state index in [0.717, 1.165) is 16.9 Å². The van der Waals surface area contributed by atoms with Gasteiger partial charge in [0.05, 0.1) is 12.7 Å². The summed E-state index contributed by atoms with van der Waals surface area (Å²) in [5, 5.41) is 6.24. The molecule has 3 rings (SSSR count). The summed E-state index contributed by atoms with van der Waals surface area (Å²) in [5.41, 5.74) is 1.96. The van der Waals surface area contributed by atoms with E-state index < -0.39 is 11.7 Å². The molecule has 2 N–H and O–H groups in total. The van der Waals surface area contributed by atoms with Crippen LogP contribution in [-0.2, 0) is 16.9 Å². The fourth-order valence-electron chi connectivity index (χ4n) is 3.08. The molecule has 0 radical (unpaired) electrons. The van der Waals surface area contributed by atoms with E-state index >= 15 is 0 Å². The maximum atomic E-state index is 12.8. The van der Waals surface area contributed by atoms with Gasteiger partial charge in [0.2, 0.25) is 0 Å². The van der Waals surface area contributed by atoms with Crippen LogP contribution in [0.2, 0.25) is 0 Å². The molecule has 0 bridgehead atoms. The van der Waals surface area contributed by atoms with Crippen molar-refractivity contribution in [2.75, 3.05) is 19.0 Å². The second kappa shape index (κ2) is 12.2. The third kappa shape index (κ3) is 8.60. The van der Waals surface area contributed by atoms with Crippen molar-refractivity contribution in [1.29, 1.82) is 0 Å². The molecule has 0 aliphatic heterocycles. The minimum absolute atomic E-state index is 0.170. The Bertz CT molecular complexity index is 1150. The molecule has 0 saturated heterocycles. The molecular weight excluding hydrogens is 464 g/mol. The van der Waals surface area contributed by atoms with Gasteiger partial charge in [-0.1, -0.05) is 12.1 Å². The summed E-state index contributed by atoms with van der Waals surface area (Å²) in [5.74, 6) is 1.58. The van der Waals surface area contributed by atoms with E-state index in [1.165, 1.54) is 11.8 Å². The van der Waals surface area contributed by atoms with Crippen molar-refractivity contribution in [1.82, 2.24) is 15.3 Å². The summed E-state index contributed by atoms with van der Waals surface area (Å²) in [6.45, 7) is 5.90. The van der Waals surface area contributed by atoms with Gasteiger partial charge in [0.15, 0.2) is 0 Å². The first-order chi connectivity index (χ1) is 16.7. The number of hydrogen-bond donors (Lipinski definition) is 2. The lowest BCUT2D eigenvalue weighted by Gasteiger charge is -2.19. The van der Waals surface area contributed by atoms with Gasteiger partial charge in [-0.05, 0) is 74.7 Å². The van der Waals surface area contributed by atoms with E-state index in [2.05, 4.69) is 20.6 Å².